The molecule has 0 aliphatic rings. The fourth-order valence-electron chi connectivity index (χ4n) is 1.07. The molecule has 0 aliphatic heterocycles. The molecule has 0 fully saturated rings. The zero-order valence-corrected chi connectivity index (χ0v) is 10.0. The number of hydrogen-bond acceptors (Lipinski definition) is 3. The molecule has 0 aliphatic carbocycles. The van der Waals surface area contributed by atoms with Crippen molar-refractivity contribution in [3.63, 3.8) is 0 Å². The lowest BCUT2D eigenvalue weighted by atomic mass is 9.91. The average Bonchev–Trinajstić information content (AvgIpc) is 2.14. The van der Waals surface area contributed by atoms with Crippen molar-refractivity contribution in [2.24, 2.45) is 5.41 Å². The molecule has 3 heteroatoms. The molecule has 0 heterocycles. The van der Waals surface area contributed by atoms with E-state index in [0.717, 1.165) is 25.5 Å². The molecule has 0 radical (unpaired) electrons. The van der Waals surface area contributed by atoms with Gasteiger partial charge < -0.3 is 9.47 Å². The Morgan fingerprint density at radius 2 is 1.93 bits per heavy atom. The topological polar surface area (TPSA) is 35.5 Å². The molecular weight excluding hydrogens is 192 g/mol. The highest BCUT2D eigenvalue weighted by Gasteiger charge is 2.08. The summed E-state index contributed by atoms with van der Waals surface area (Å²) in [7, 11) is 0. The molecule has 0 aromatic heterocycles. The van der Waals surface area contributed by atoms with Gasteiger partial charge >= 0.3 is 5.97 Å². The third-order valence-electron chi connectivity index (χ3n) is 1.85. The fraction of sp³-hybridized carbons (Fsp3) is 0.750. The minimum atomic E-state index is -0.395. The molecule has 0 bridgehead atoms. The second-order valence-electron chi connectivity index (χ2n) is 4.65. The first-order valence-electron chi connectivity index (χ1n) is 5.32. The van der Waals surface area contributed by atoms with E-state index in [-0.39, 0.29) is 0 Å². The third kappa shape index (κ3) is 11.1. The number of hydrogen-bond donors (Lipinski definition) is 0. The molecular formula is C12H22O3. The number of esters is 1. The number of carbonyl (C=O) groups is 1. The summed E-state index contributed by atoms with van der Waals surface area (Å²) in [4.78, 5) is 10.6. The molecule has 0 amide bonds. The lowest BCUT2D eigenvalue weighted by Crippen LogP contribution is -2.10. The van der Waals surface area contributed by atoms with Gasteiger partial charge in [-0.05, 0) is 18.3 Å². The van der Waals surface area contributed by atoms with Gasteiger partial charge in [-0.1, -0.05) is 27.4 Å². The molecule has 0 saturated carbocycles. The molecule has 0 atom stereocenters. The van der Waals surface area contributed by atoms with E-state index in [4.69, 9.17) is 9.47 Å². The normalized spacial score (nSPS) is 11.1. The maximum absolute atomic E-state index is 10.6. The van der Waals surface area contributed by atoms with Crippen LogP contribution in [0.1, 0.15) is 33.6 Å². The summed E-state index contributed by atoms with van der Waals surface area (Å²) in [5.74, 6) is -0.395. The van der Waals surface area contributed by atoms with Crippen molar-refractivity contribution < 1.29 is 14.3 Å². The number of ether oxygens (including phenoxy) is 2. The average molecular weight is 214 g/mol. The number of carbonyl (C=O) groups excluding carboxylic acids is 1. The Morgan fingerprint density at radius 3 is 2.47 bits per heavy atom. The second-order valence-corrected chi connectivity index (χ2v) is 4.65. The number of rotatable bonds is 7. The molecule has 0 rings (SSSR count). The van der Waals surface area contributed by atoms with Gasteiger partial charge in [0.2, 0.25) is 0 Å². The SMILES string of the molecule is C=CC(=O)OCCOCCCC(C)(C)C. The monoisotopic (exact) mass is 214 g/mol. The van der Waals surface area contributed by atoms with Gasteiger partial charge in [0.1, 0.15) is 6.61 Å². The van der Waals surface area contributed by atoms with Gasteiger partial charge in [0.15, 0.2) is 0 Å². The fourth-order valence-corrected chi connectivity index (χ4v) is 1.07. The van der Waals surface area contributed by atoms with E-state index in [2.05, 4.69) is 27.4 Å². The van der Waals surface area contributed by atoms with Crippen molar-refractivity contribution in [1.82, 2.24) is 0 Å². The van der Waals surface area contributed by atoms with Gasteiger partial charge in [-0.2, -0.15) is 0 Å². The van der Waals surface area contributed by atoms with Crippen LogP contribution in [0, 0.1) is 5.41 Å². The smallest absolute Gasteiger partial charge is 0.330 e. The van der Waals surface area contributed by atoms with Crippen molar-refractivity contribution in [1.29, 1.82) is 0 Å². The Labute approximate surface area is 92.5 Å². The predicted octanol–water partition coefficient (Wildman–Crippen LogP) is 2.56. The summed E-state index contributed by atoms with van der Waals surface area (Å²) >= 11 is 0. The maximum Gasteiger partial charge on any atom is 0.330 e. The molecule has 0 N–H and O–H groups in total. The van der Waals surface area contributed by atoms with E-state index in [1.807, 2.05) is 0 Å². The first-order valence-corrected chi connectivity index (χ1v) is 5.32. The van der Waals surface area contributed by atoms with Crippen LogP contribution in [0.3, 0.4) is 0 Å². The lowest BCUT2D eigenvalue weighted by Gasteiger charge is -2.17. The van der Waals surface area contributed by atoms with Crippen molar-refractivity contribution in [2.45, 2.75) is 33.6 Å². The van der Waals surface area contributed by atoms with E-state index in [1.54, 1.807) is 0 Å². The highest BCUT2D eigenvalue weighted by molar-refractivity contribution is 5.81. The van der Waals surface area contributed by atoms with Crippen molar-refractivity contribution in [3.8, 4) is 0 Å². The molecule has 88 valence electrons. The summed E-state index contributed by atoms with van der Waals surface area (Å²) in [5.41, 5.74) is 0.360. The van der Waals surface area contributed by atoms with Gasteiger partial charge in [0.25, 0.3) is 0 Å². The van der Waals surface area contributed by atoms with Crippen LogP contribution >= 0.6 is 0 Å². The molecule has 0 aromatic rings. The molecule has 0 aromatic carbocycles. The van der Waals surface area contributed by atoms with Crippen LogP contribution < -0.4 is 0 Å². The minimum Gasteiger partial charge on any atom is -0.460 e. The largest absolute Gasteiger partial charge is 0.460 e. The molecule has 0 unspecified atom stereocenters. The van der Waals surface area contributed by atoms with E-state index < -0.39 is 5.97 Å². The van der Waals surface area contributed by atoms with E-state index in [0.29, 0.717) is 18.6 Å². The lowest BCUT2D eigenvalue weighted by molar-refractivity contribution is -0.139. The maximum atomic E-state index is 10.6. The summed E-state index contributed by atoms with van der Waals surface area (Å²) in [5, 5.41) is 0. The Kier molecular flexibility index (Phi) is 7.05. The Morgan fingerprint density at radius 1 is 1.27 bits per heavy atom. The molecule has 0 saturated heterocycles. The second kappa shape index (κ2) is 7.46. The minimum absolute atomic E-state index is 0.306. The van der Waals surface area contributed by atoms with Crippen LogP contribution in [-0.4, -0.2) is 25.8 Å². The standard InChI is InChI=1S/C12H22O3/c1-5-11(13)15-10-9-14-8-6-7-12(2,3)4/h5H,1,6-10H2,2-4H3. The van der Waals surface area contributed by atoms with Gasteiger partial charge in [-0.25, -0.2) is 4.79 Å². The first kappa shape index (κ1) is 14.2. The van der Waals surface area contributed by atoms with Crippen molar-refractivity contribution in [2.75, 3.05) is 19.8 Å². The van der Waals surface area contributed by atoms with E-state index in [1.165, 1.54) is 0 Å². The Bertz CT molecular complexity index is 192. The van der Waals surface area contributed by atoms with Gasteiger partial charge in [0, 0.05) is 12.7 Å². The Balaban J connectivity index is 3.19. The van der Waals surface area contributed by atoms with Crippen LogP contribution in [0.2, 0.25) is 0 Å². The van der Waals surface area contributed by atoms with Crippen molar-refractivity contribution in [3.05, 3.63) is 12.7 Å². The molecule has 0 spiro atoms. The predicted molar refractivity (Wildman–Crippen MR) is 60.7 cm³/mol. The zero-order valence-electron chi connectivity index (χ0n) is 10.0. The summed E-state index contributed by atoms with van der Waals surface area (Å²) in [6.07, 6.45) is 3.33. The zero-order chi connectivity index (χ0) is 11.7. The van der Waals surface area contributed by atoms with Crippen LogP contribution in [0.25, 0.3) is 0 Å². The van der Waals surface area contributed by atoms with Crippen LogP contribution in [0.5, 0.6) is 0 Å². The molecule has 3 nitrogen and oxygen atoms in total. The van der Waals surface area contributed by atoms with E-state index >= 15 is 0 Å². The van der Waals surface area contributed by atoms with Gasteiger partial charge in [0.05, 0.1) is 6.61 Å². The van der Waals surface area contributed by atoms with E-state index in [9.17, 15) is 4.79 Å². The van der Waals surface area contributed by atoms with Crippen LogP contribution in [0.15, 0.2) is 12.7 Å². The highest BCUT2D eigenvalue weighted by atomic mass is 16.6. The van der Waals surface area contributed by atoms with Crippen LogP contribution in [-0.2, 0) is 14.3 Å². The van der Waals surface area contributed by atoms with Gasteiger partial charge in [-0.3, -0.25) is 0 Å². The third-order valence-corrected chi connectivity index (χ3v) is 1.85. The quantitative estimate of drug-likeness (QED) is 0.371. The summed E-state index contributed by atoms with van der Waals surface area (Å²) in [6, 6.07) is 0. The highest BCUT2D eigenvalue weighted by Crippen LogP contribution is 2.20. The summed E-state index contributed by atoms with van der Waals surface area (Å²) in [6.45, 7) is 11.4. The first-order chi connectivity index (χ1) is 6.95. The molecule has 15 heavy (non-hydrogen) atoms. The van der Waals surface area contributed by atoms with Gasteiger partial charge in [-0.15, -0.1) is 0 Å². The Hall–Kier alpha value is -0.830. The van der Waals surface area contributed by atoms with Crippen molar-refractivity contribution >= 4 is 5.97 Å². The van der Waals surface area contributed by atoms with Crippen LogP contribution in [0.4, 0.5) is 0 Å². The summed E-state index contributed by atoms with van der Waals surface area (Å²) < 4.78 is 10.1.